The highest BCUT2D eigenvalue weighted by atomic mass is 35.5. The molecule has 1 aliphatic rings. The summed E-state index contributed by atoms with van der Waals surface area (Å²) in [5.41, 5.74) is 0.474. The molecule has 1 heterocycles. The Morgan fingerprint density at radius 2 is 1.93 bits per heavy atom. The molecule has 2 rings (SSSR count). The van der Waals surface area contributed by atoms with E-state index < -0.39 is 5.41 Å². The molecule has 0 unspecified atom stereocenters. The summed E-state index contributed by atoms with van der Waals surface area (Å²) in [4.78, 5) is 32.5. The van der Waals surface area contributed by atoms with Crippen LogP contribution in [0.1, 0.15) is 19.4 Å². The summed E-state index contributed by atoms with van der Waals surface area (Å²) in [5, 5.41) is 6.56. The van der Waals surface area contributed by atoms with Crippen molar-refractivity contribution < 1.29 is 9.59 Å². The van der Waals surface area contributed by atoms with Crippen LogP contribution in [-0.4, -0.2) is 67.8 Å². The van der Waals surface area contributed by atoms with E-state index in [1.165, 1.54) is 0 Å². The van der Waals surface area contributed by atoms with E-state index in [1.54, 1.807) is 14.1 Å². The normalized spacial score (nSPS) is 15.7. The van der Waals surface area contributed by atoms with Gasteiger partial charge in [0, 0.05) is 45.3 Å². The van der Waals surface area contributed by atoms with Crippen LogP contribution in [-0.2, 0) is 16.1 Å². The third kappa shape index (κ3) is 5.60. The fourth-order valence-electron chi connectivity index (χ4n) is 2.92. The largest absolute Gasteiger partial charge is 0.359 e. The standard InChI is InChI=1S/C19H28ClN5O2/c1-19(2,17(27)21-3)13-23-18(22-4)25-10-9-24(16(26)12-25)11-14-5-7-15(20)8-6-14/h5-8H,9-13H2,1-4H3,(H,21,27)(H,22,23). The van der Waals surface area contributed by atoms with E-state index >= 15 is 0 Å². The summed E-state index contributed by atoms with van der Waals surface area (Å²) in [7, 11) is 3.30. The fourth-order valence-corrected chi connectivity index (χ4v) is 3.04. The molecule has 148 valence electrons. The molecule has 8 heteroatoms. The molecule has 1 aromatic carbocycles. The third-order valence-corrected chi connectivity index (χ3v) is 4.90. The molecule has 2 N–H and O–H groups in total. The fraction of sp³-hybridized carbons (Fsp3) is 0.526. The average Bonchev–Trinajstić information content (AvgIpc) is 2.65. The van der Waals surface area contributed by atoms with Gasteiger partial charge in [-0.25, -0.2) is 0 Å². The van der Waals surface area contributed by atoms with Crippen LogP contribution >= 0.6 is 11.6 Å². The number of hydrogen-bond acceptors (Lipinski definition) is 3. The van der Waals surface area contributed by atoms with Crippen LogP contribution in [0.15, 0.2) is 29.3 Å². The van der Waals surface area contributed by atoms with E-state index in [0.29, 0.717) is 37.2 Å². The number of rotatable bonds is 5. The second kappa shape index (κ2) is 9.08. The molecular weight excluding hydrogens is 366 g/mol. The van der Waals surface area contributed by atoms with Gasteiger partial charge in [-0.2, -0.15) is 0 Å². The van der Waals surface area contributed by atoms with Crippen LogP contribution < -0.4 is 10.6 Å². The molecule has 0 radical (unpaired) electrons. The lowest BCUT2D eigenvalue weighted by Gasteiger charge is -2.37. The van der Waals surface area contributed by atoms with Crippen LogP contribution in [0.4, 0.5) is 0 Å². The molecule has 0 spiro atoms. The van der Waals surface area contributed by atoms with Gasteiger partial charge in [-0.1, -0.05) is 23.7 Å². The quantitative estimate of drug-likeness (QED) is 0.584. The summed E-state index contributed by atoms with van der Waals surface area (Å²) in [6.07, 6.45) is 0. The first kappa shape index (κ1) is 21.0. The van der Waals surface area contributed by atoms with Crippen molar-refractivity contribution in [3.05, 3.63) is 34.9 Å². The van der Waals surface area contributed by atoms with Gasteiger partial charge < -0.3 is 20.4 Å². The molecule has 2 amide bonds. The summed E-state index contributed by atoms with van der Waals surface area (Å²) in [6.45, 7) is 6.27. The van der Waals surface area contributed by atoms with Crippen LogP contribution in [0.3, 0.4) is 0 Å². The van der Waals surface area contributed by atoms with Gasteiger partial charge in [0.15, 0.2) is 5.96 Å². The molecule has 1 aromatic rings. The van der Waals surface area contributed by atoms with Gasteiger partial charge in [-0.05, 0) is 31.5 Å². The summed E-state index contributed by atoms with van der Waals surface area (Å²) < 4.78 is 0. The zero-order chi connectivity index (χ0) is 20.0. The predicted molar refractivity (Wildman–Crippen MR) is 108 cm³/mol. The monoisotopic (exact) mass is 393 g/mol. The first-order valence-electron chi connectivity index (χ1n) is 8.97. The number of benzene rings is 1. The topological polar surface area (TPSA) is 77.0 Å². The Balaban J connectivity index is 1.92. The Labute approximate surface area is 165 Å². The van der Waals surface area contributed by atoms with E-state index in [9.17, 15) is 9.59 Å². The van der Waals surface area contributed by atoms with E-state index in [4.69, 9.17) is 11.6 Å². The minimum Gasteiger partial charge on any atom is -0.359 e. The molecule has 7 nitrogen and oxygen atoms in total. The highest BCUT2D eigenvalue weighted by Gasteiger charge is 2.29. The van der Waals surface area contributed by atoms with Crippen molar-refractivity contribution in [3.63, 3.8) is 0 Å². The maximum atomic E-state index is 12.6. The van der Waals surface area contributed by atoms with Gasteiger partial charge >= 0.3 is 0 Å². The maximum Gasteiger partial charge on any atom is 0.242 e. The van der Waals surface area contributed by atoms with Gasteiger partial charge in [0.2, 0.25) is 11.8 Å². The minimum atomic E-state index is -0.578. The lowest BCUT2D eigenvalue weighted by Crippen LogP contribution is -2.56. The zero-order valence-corrected chi connectivity index (χ0v) is 17.1. The van der Waals surface area contributed by atoms with Crippen molar-refractivity contribution in [1.29, 1.82) is 0 Å². The summed E-state index contributed by atoms with van der Waals surface area (Å²) >= 11 is 5.91. The average molecular weight is 394 g/mol. The Kier molecular flexibility index (Phi) is 7.07. The number of nitrogens with one attached hydrogen (secondary N) is 2. The number of halogens is 1. The van der Waals surface area contributed by atoms with Crippen molar-refractivity contribution in [3.8, 4) is 0 Å². The molecule has 1 fully saturated rings. The van der Waals surface area contributed by atoms with E-state index in [-0.39, 0.29) is 18.4 Å². The highest BCUT2D eigenvalue weighted by Crippen LogP contribution is 2.15. The van der Waals surface area contributed by atoms with Crippen LogP contribution in [0, 0.1) is 5.41 Å². The number of amides is 2. The van der Waals surface area contributed by atoms with Gasteiger partial charge in [-0.15, -0.1) is 0 Å². The van der Waals surface area contributed by atoms with E-state index in [1.807, 2.05) is 47.9 Å². The first-order chi connectivity index (χ1) is 12.8. The van der Waals surface area contributed by atoms with Crippen molar-refractivity contribution in [2.45, 2.75) is 20.4 Å². The van der Waals surface area contributed by atoms with Crippen LogP contribution in [0.25, 0.3) is 0 Å². The SMILES string of the molecule is CN=C(NCC(C)(C)C(=O)NC)N1CCN(Cc2ccc(Cl)cc2)C(=O)C1. The summed E-state index contributed by atoms with van der Waals surface area (Å²) in [6, 6.07) is 7.53. The van der Waals surface area contributed by atoms with Crippen molar-refractivity contribution in [2.24, 2.45) is 10.4 Å². The smallest absolute Gasteiger partial charge is 0.242 e. The second-order valence-electron chi connectivity index (χ2n) is 7.23. The third-order valence-electron chi connectivity index (χ3n) is 4.65. The Bertz CT molecular complexity index is 703. The number of guanidine groups is 1. The molecule has 0 aliphatic carbocycles. The van der Waals surface area contributed by atoms with Crippen LogP contribution in [0.2, 0.25) is 5.02 Å². The van der Waals surface area contributed by atoms with Gasteiger partial charge in [0.25, 0.3) is 0 Å². The van der Waals surface area contributed by atoms with Gasteiger partial charge in [0.05, 0.1) is 12.0 Å². The number of hydrogen-bond donors (Lipinski definition) is 2. The molecule has 0 aromatic heterocycles. The molecule has 0 atom stereocenters. The zero-order valence-electron chi connectivity index (χ0n) is 16.4. The lowest BCUT2D eigenvalue weighted by molar-refractivity contribution is -0.135. The molecule has 1 aliphatic heterocycles. The van der Waals surface area contributed by atoms with Crippen LogP contribution in [0.5, 0.6) is 0 Å². The van der Waals surface area contributed by atoms with Crippen molar-refractivity contribution in [1.82, 2.24) is 20.4 Å². The molecule has 27 heavy (non-hydrogen) atoms. The van der Waals surface area contributed by atoms with Gasteiger partial charge in [0.1, 0.15) is 0 Å². The maximum absolute atomic E-state index is 12.6. The Hall–Kier alpha value is -2.28. The summed E-state index contributed by atoms with van der Waals surface area (Å²) in [5.74, 6) is 0.630. The number of piperazine rings is 1. The minimum absolute atomic E-state index is 0.0460. The number of carbonyl (C=O) groups excluding carboxylic acids is 2. The Morgan fingerprint density at radius 1 is 1.26 bits per heavy atom. The molecular formula is C19H28ClN5O2. The molecule has 1 saturated heterocycles. The molecule has 0 saturated carbocycles. The highest BCUT2D eigenvalue weighted by molar-refractivity contribution is 6.30. The van der Waals surface area contributed by atoms with E-state index in [0.717, 1.165) is 5.56 Å². The lowest BCUT2D eigenvalue weighted by atomic mass is 9.92. The number of aliphatic imine (C=N–C) groups is 1. The second-order valence-corrected chi connectivity index (χ2v) is 7.66. The predicted octanol–water partition coefficient (Wildman–Crippen LogP) is 1.33. The van der Waals surface area contributed by atoms with Gasteiger partial charge in [-0.3, -0.25) is 14.6 Å². The number of carbonyl (C=O) groups is 2. The molecule has 0 bridgehead atoms. The van der Waals surface area contributed by atoms with E-state index in [2.05, 4.69) is 15.6 Å². The van der Waals surface area contributed by atoms with Crippen molar-refractivity contribution in [2.75, 3.05) is 40.3 Å². The first-order valence-corrected chi connectivity index (χ1v) is 9.34. The number of nitrogens with zero attached hydrogens (tertiary/aromatic N) is 3. The Morgan fingerprint density at radius 3 is 2.48 bits per heavy atom. The van der Waals surface area contributed by atoms with Crippen molar-refractivity contribution >= 4 is 29.4 Å².